The maximum absolute atomic E-state index is 12.5. The Kier molecular flexibility index (Phi) is 7.08. The van der Waals surface area contributed by atoms with Crippen molar-refractivity contribution in [1.82, 2.24) is 15.2 Å². The quantitative estimate of drug-likeness (QED) is 0.572. The number of nitrogens with zero attached hydrogens (tertiary/aromatic N) is 2. The van der Waals surface area contributed by atoms with Crippen molar-refractivity contribution in [3.05, 3.63) is 48.0 Å². The standard InChI is InChI=1S/C24H30N4O2S/c1-6-28(15-22(30)27-24(3,4)5)14-21(29)25-18-10-8-17(9-11-18)23-26-19-12-7-16(2)13-20(19)31-23/h7-13H,6,14-15H2,1-5H3,(H,25,29)(H,27,30). The van der Waals surface area contributed by atoms with Crippen LogP contribution in [-0.2, 0) is 9.59 Å². The second-order valence-electron chi connectivity index (χ2n) is 8.72. The highest BCUT2D eigenvalue weighted by molar-refractivity contribution is 7.21. The van der Waals surface area contributed by atoms with Crippen molar-refractivity contribution in [1.29, 1.82) is 0 Å². The van der Waals surface area contributed by atoms with Gasteiger partial charge in [-0.3, -0.25) is 14.5 Å². The van der Waals surface area contributed by atoms with E-state index in [9.17, 15) is 9.59 Å². The van der Waals surface area contributed by atoms with Crippen molar-refractivity contribution in [2.45, 2.75) is 40.2 Å². The molecule has 164 valence electrons. The average Bonchev–Trinajstić information content (AvgIpc) is 3.09. The van der Waals surface area contributed by atoms with E-state index in [2.05, 4.69) is 29.7 Å². The number of hydrogen-bond acceptors (Lipinski definition) is 5. The molecule has 31 heavy (non-hydrogen) atoms. The summed E-state index contributed by atoms with van der Waals surface area (Å²) in [6, 6.07) is 14.0. The fraction of sp³-hybridized carbons (Fsp3) is 0.375. The first-order valence-electron chi connectivity index (χ1n) is 10.4. The number of carbonyl (C=O) groups is 2. The molecule has 3 aromatic rings. The summed E-state index contributed by atoms with van der Waals surface area (Å²) in [5.74, 6) is -0.230. The monoisotopic (exact) mass is 438 g/mol. The molecule has 0 spiro atoms. The topological polar surface area (TPSA) is 74.3 Å². The molecule has 0 unspecified atom stereocenters. The molecule has 0 saturated heterocycles. The van der Waals surface area contributed by atoms with E-state index in [-0.39, 0.29) is 30.4 Å². The van der Waals surface area contributed by atoms with Gasteiger partial charge in [-0.1, -0.05) is 13.0 Å². The zero-order chi connectivity index (χ0) is 22.6. The van der Waals surface area contributed by atoms with Crippen LogP contribution in [0.15, 0.2) is 42.5 Å². The van der Waals surface area contributed by atoms with Gasteiger partial charge in [0, 0.05) is 16.8 Å². The SMILES string of the molecule is CCN(CC(=O)Nc1ccc(-c2nc3ccc(C)cc3s2)cc1)CC(=O)NC(C)(C)C. The minimum Gasteiger partial charge on any atom is -0.350 e. The summed E-state index contributed by atoms with van der Waals surface area (Å²) in [7, 11) is 0. The molecule has 0 fully saturated rings. The van der Waals surface area contributed by atoms with Crippen molar-refractivity contribution < 1.29 is 9.59 Å². The fourth-order valence-electron chi connectivity index (χ4n) is 3.20. The van der Waals surface area contributed by atoms with Crippen LogP contribution in [0.2, 0.25) is 0 Å². The number of aromatic nitrogens is 1. The summed E-state index contributed by atoms with van der Waals surface area (Å²) in [5.41, 5.74) is 3.67. The molecule has 0 aliphatic carbocycles. The second kappa shape index (κ2) is 9.58. The van der Waals surface area contributed by atoms with Crippen molar-refractivity contribution in [2.24, 2.45) is 0 Å². The van der Waals surface area contributed by atoms with Gasteiger partial charge in [0.25, 0.3) is 0 Å². The Labute approximate surface area is 187 Å². The number of nitrogens with one attached hydrogen (secondary N) is 2. The molecule has 7 heteroatoms. The Morgan fingerprint density at radius 3 is 2.35 bits per heavy atom. The Balaban J connectivity index is 1.59. The average molecular weight is 439 g/mol. The zero-order valence-corrected chi connectivity index (χ0v) is 19.6. The normalized spacial score (nSPS) is 11.7. The Morgan fingerprint density at radius 1 is 1.03 bits per heavy atom. The molecule has 0 bridgehead atoms. The number of benzene rings is 2. The van der Waals surface area contributed by atoms with Crippen LogP contribution in [0.4, 0.5) is 5.69 Å². The molecule has 0 aliphatic rings. The van der Waals surface area contributed by atoms with Crippen molar-refractivity contribution in [3.63, 3.8) is 0 Å². The number of aryl methyl sites for hydroxylation is 1. The van der Waals surface area contributed by atoms with Crippen LogP contribution in [0.5, 0.6) is 0 Å². The van der Waals surface area contributed by atoms with Crippen LogP contribution in [0.3, 0.4) is 0 Å². The summed E-state index contributed by atoms with van der Waals surface area (Å²) in [6.07, 6.45) is 0. The van der Waals surface area contributed by atoms with Gasteiger partial charge in [0.1, 0.15) is 5.01 Å². The van der Waals surface area contributed by atoms with E-state index in [1.165, 1.54) is 10.3 Å². The van der Waals surface area contributed by atoms with E-state index in [0.717, 1.165) is 21.8 Å². The molecular weight excluding hydrogens is 408 g/mol. The van der Waals surface area contributed by atoms with Crippen LogP contribution in [0, 0.1) is 6.92 Å². The smallest absolute Gasteiger partial charge is 0.238 e. The largest absolute Gasteiger partial charge is 0.350 e. The zero-order valence-electron chi connectivity index (χ0n) is 18.8. The van der Waals surface area contributed by atoms with Gasteiger partial charge in [0.15, 0.2) is 0 Å². The van der Waals surface area contributed by atoms with E-state index >= 15 is 0 Å². The molecule has 0 atom stereocenters. The van der Waals surface area contributed by atoms with E-state index in [0.29, 0.717) is 6.54 Å². The summed E-state index contributed by atoms with van der Waals surface area (Å²) in [5, 5.41) is 6.79. The molecule has 3 rings (SSSR count). The van der Waals surface area contributed by atoms with Gasteiger partial charge in [-0.25, -0.2) is 4.98 Å². The third-order valence-corrected chi connectivity index (χ3v) is 5.72. The van der Waals surface area contributed by atoms with E-state index in [4.69, 9.17) is 4.98 Å². The number of fused-ring (bicyclic) bond motifs is 1. The molecule has 2 aromatic carbocycles. The van der Waals surface area contributed by atoms with E-state index < -0.39 is 0 Å². The number of hydrogen-bond donors (Lipinski definition) is 2. The van der Waals surface area contributed by atoms with Gasteiger partial charge in [-0.05, 0) is 76.2 Å². The predicted octanol–water partition coefficient (Wildman–Crippen LogP) is 4.45. The lowest BCUT2D eigenvalue weighted by atomic mass is 10.1. The third kappa shape index (κ3) is 6.60. The first kappa shape index (κ1) is 22.9. The summed E-state index contributed by atoms with van der Waals surface area (Å²) in [6.45, 7) is 10.8. The molecule has 0 aliphatic heterocycles. The summed E-state index contributed by atoms with van der Waals surface area (Å²) >= 11 is 1.66. The van der Waals surface area contributed by atoms with Gasteiger partial charge in [-0.2, -0.15) is 0 Å². The molecule has 2 amide bonds. The summed E-state index contributed by atoms with van der Waals surface area (Å²) in [4.78, 5) is 31.1. The number of thiazole rings is 1. The van der Waals surface area contributed by atoms with Crippen molar-refractivity contribution in [3.8, 4) is 10.6 Å². The molecular formula is C24H30N4O2S. The molecule has 0 radical (unpaired) electrons. The lowest BCUT2D eigenvalue weighted by molar-refractivity contribution is -0.124. The number of anilines is 1. The minimum atomic E-state index is -0.289. The predicted molar refractivity (Wildman–Crippen MR) is 128 cm³/mol. The number of amides is 2. The fourth-order valence-corrected chi connectivity index (χ4v) is 4.26. The minimum absolute atomic E-state index is 0.0856. The number of likely N-dealkylation sites (N-methyl/N-ethyl adjacent to an activating group) is 1. The van der Waals surface area contributed by atoms with Crippen molar-refractivity contribution in [2.75, 3.05) is 25.0 Å². The van der Waals surface area contributed by atoms with Crippen molar-refractivity contribution >= 4 is 39.1 Å². The molecule has 1 heterocycles. The molecule has 0 saturated carbocycles. The van der Waals surface area contributed by atoms with Crippen LogP contribution < -0.4 is 10.6 Å². The molecule has 6 nitrogen and oxygen atoms in total. The highest BCUT2D eigenvalue weighted by Gasteiger charge is 2.18. The summed E-state index contributed by atoms with van der Waals surface area (Å²) < 4.78 is 1.17. The highest BCUT2D eigenvalue weighted by Crippen LogP contribution is 2.31. The van der Waals surface area contributed by atoms with Gasteiger partial charge in [0.2, 0.25) is 11.8 Å². The maximum atomic E-state index is 12.5. The second-order valence-corrected chi connectivity index (χ2v) is 9.75. The first-order valence-corrected chi connectivity index (χ1v) is 11.3. The number of rotatable bonds is 7. The van der Waals surface area contributed by atoms with Gasteiger partial charge in [-0.15, -0.1) is 11.3 Å². The Bertz CT molecular complexity index is 1070. The van der Waals surface area contributed by atoms with Crippen LogP contribution in [0.1, 0.15) is 33.3 Å². The maximum Gasteiger partial charge on any atom is 0.238 e. The van der Waals surface area contributed by atoms with Gasteiger partial charge >= 0.3 is 0 Å². The Hall–Kier alpha value is -2.77. The van der Waals surface area contributed by atoms with Crippen LogP contribution in [-0.4, -0.2) is 46.9 Å². The highest BCUT2D eigenvalue weighted by atomic mass is 32.1. The third-order valence-electron chi connectivity index (χ3n) is 4.66. The van der Waals surface area contributed by atoms with E-state index in [1.54, 1.807) is 11.3 Å². The number of carbonyl (C=O) groups excluding carboxylic acids is 2. The van der Waals surface area contributed by atoms with Gasteiger partial charge in [0.05, 0.1) is 23.3 Å². The van der Waals surface area contributed by atoms with E-state index in [1.807, 2.05) is 62.9 Å². The van der Waals surface area contributed by atoms with Crippen LogP contribution in [0.25, 0.3) is 20.8 Å². The van der Waals surface area contributed by atoms with Gasteiger partial charge < -0.3 is 10.6 Å². The Morgan fingerprint density at radius 2 is 1.71 bits per heavy atom. The molecule has 1 aromatic heterocycles. The lowest BCUT2D eigenvalue weighted by Gasteiger charge is -2.24. The van der Waals surface area contributed by atoms with Crippen LogP contribution >= 0.6 is 11.3 Å². The first-order chi connectivity index (χ1) is 14.6. The molecule has 2 N–H and O–H groups in total. The lowest BCUT2D eigenvalue weighted by Crippen LogP contribution is -2.47.